The number of aliphatic hydroxyl groups is 2. The van der Waals surface area contributed by atoms with Crippen LogP contribution in [0, 0.1) is 19.8 Å². The Labute approximate surface area is 133 Å². The van der Waals surface area contributed by atoms with Gasteiger partial charge >= 0.3 is 0 Å². The van der Waals surface area contributed by atoms with Crippen LogP contribution in [0.4, 0.5) is 0 Å². The fraction of sp³-hybridized carbons (Fsp3) is 0.667. The first kappa shape index (κ1) is 17.3. The zero-order valence-electron chi connectivity index (χ0n) is 14.0. The molecule has 1 aliphatic rings. The molecule has 0 saturated carbocycles. The maximum absolute atomic E-state index is 10.2. The third-order valence-electron chi connectivity index (χ3n) is 4.42. The van der Waals surface area contributed by atoms with Gasteiger partial charge in [-0.1, -0.05) is 6.07 Å². The van der Waals surface area contributed by atoms with Gasteiger partial charge in [0, 0.05) is 6.54 Å². The number of β-amino-alcohol motifs (C(OH)–C–C–N with tert-alkyl or cyclic N) is 1. The normalized spacial score (nSPS) is 19.9. The summed E-state index contributed by atoms with van der Waals surface area (Å²) in [6.45, 7) is 8.79. The van der Waals surface area contributed by atoms with E-state index in [0.29, 0.717) is 19.1 Å². The molecule has 1 fully saturated rings. The van der Waals surface area contributed by atoms with Crippen molar-refractivity contribution in [2.45, 2.75) is 45.8 Å². The summed E-state index contributed by atoms with van der Waals surface area (Å²) in [5, 5.41) is 19.8. The highest BCUT2D eigenvalue weighted by molar-refractivity contribution is 5.32. The van der Waals surface area contributed by atoms with E-state index < -0.39 is 6.10 Å². The monoisotopic (exact) mass is 307 g/mol. The van der Waals surface area contributed by atoms with Gasteiger partial charge in [0.05, 0.1) is 6.10 Å². The summed E-state index contributed by atoms with van der Waals surface area (Å²) in [4.78, 5) is 2.26. The minimum Gasteiger partial charge on any atom is -0.491 e. The zero-order chi connectivity index (χ0) is 16.1. The molecule has 1 aliphatic heterocycles. The van der Waals surface area contributed by atoms with Crippen LogP contribution in [0.1, 0.15) is 30.9 Å². The Bertz CT molecular complexity index is 447. The number of aliphatic hydroxyl groups excluding tert-OH is 2. The minimum atomic E-state index is -0.482. The second-order valence-corrected chi connectivity index (χ2v) is 6.67. The van der Waals surface area contributed by atoms with Crippen molar-refractivity contribution in [3.05, 3.63) is 29.3 Å². The summed E-state index contributed by atoms with van der Waals surface area (Å²) in [6.07, 6.45) is 1.30. The van der Waals surface area contributed by atoms with E-state index in [1.165, 1.54) is 11.1 Å². The molecular weight excluding hydrogens is 278 g/mol. The number of ether oxygens (including phenoxy) is 1. The van der Waals surface area contributed by atoms with Crippen LogP contribution >= 0.6 is 0 Å². The second-order valence-electron chi connectivity index (χ2n) is 6.67. The fourth-order valence-electron chi connectivity index (χ4n) is 3.18. The molecule has 0 spiro atoms. The molecule has 4 heteroatoms. The highest BCUT2D eigenvalue weighted by Crippen LogP contribution is 2.21. The van der Waals surface area contributed by atoms with Gasteiger partial charge < -0.3 is 19.8 Å². The van der Waals surface area contributed by atoms with E-state index in [-0.39, 0.29) is 6.10 Å². The van der Waals surface area contributed by atoms with Gasteiger partial charge in [0.2, 0.25) is 0 Å². The van der Waals surface area contributed by atoms with Crippen molar-refractivity contribution in [2.75, 3.05) is 26.2 Å². The second kappa shape index (κ2) is 7.95. The number of piperidine rings is 1. The van der Waals surface area contributed by atoms with Gasteiger partial charge in [-0.3, -0.25) is 0 Å². The summed E-state index contributed by atoms with van der Waals surface area (Å²) in [7, 11) is 0. The molecular formula is C18H29NO3. The van der Waals surface area contributed by atoms with Gasteiger partial charge in [-0.05, 0) is 75.9 Å². The first-order valence-electron chi connectivity index (χ1n) is 8.23. The summed E-state index contributed by atoms with van der Waals surface area (Å²) in [5.41, 5.74) is 2.34. The molecule has 0 amide bonds. The average Bonchev–Trinajstić information content (AvgIpc) is 2.45. The summed E-state index contributed by atoms with van der Waals surface area (Å²) in [6, 6.07) is 6.09. The van der Waals surface area contributed by atoms with Crippen LogP contribution in [0.5, 0.6) is 5.75 Å². The molecule has 4 nitrogen and oxygen atoms in total. The average molecular weight is 307 g/mol. The standard InChI is InChI=1S/C18H29NO3/c1-13-8-14(2)10-18(9-13)22-12-17(21)11-19-6-4-16(5-7-19)15(3)20/h8-10,15-17,20-21H,4-7,11-12H2,1-3H3. The van der Waals surface area contributed by atoms with Crippen molar-refractivity contribution >= 4 is 0 Å². The zero-order valence-corrected chi connectivity index (χ0v) is 14.0. The van der Waals surface area contributed by atoms with Gasteiger partial charge in [-0.25, -0.2) is 0 Å². The van der Waals surface area contributed by atoms with Crippen molar-refractivity contribution in [1.29, 1.82) is 0 Å². The number of rotatable bonds is 6. The van der Waals surface area contributed by atoms with E-state index in [2.05, 4.69) is 11.0 Å². The molecule has 2 atom stereocenters. The molecule has 1 saturated heterocycles. The van der Waals surface area contributed by atoms with E-state index in [1.54, 1.807) is 0 Å². The summed E-state index contributed by atoms with van der Waals surface area (Å²) >= 11 is 0. The molecule has 1 aromatic carbocycles. The largest absolute Gasteiger partial charge is 0.491 e. The summed E-state index contributed by atoms with van der Waals surface area (Å²) < 4.78 is 5.71. The van der Waals surface area contributed by atoms with Crippen molar-refractivity contribution in [3.8, 4) is 5.75 Å². The highest BCUT2D eigenvalue weighted by Gasteiger charge is 2.23. The van der Waals surface area contributed by atoms with Crippen molar-refractivity contribution in [3.63, 3.8) is 0 Å². The Morgan fingerprint density at radius 1 is 1.14 bits per heavy atom. The van der Waals surface area contributed by atoms with Gasteiger partial charge in [0.1, 0.15) is 18.5 Å². The van der Waals surface area contributed by atoms with Crippen LogP contribution in [0.25, 0.3) is 0 Å². The molecule has 0 aliphatic carbocycles. The topological polar surface area (TPSA) is 52.9 Å². The summed E-state index contributed by atoms with van der Waals surface area (Å²) in [5.74, 6) is 1.23. The van der Waals surface area contributed by atoms with Crippen LogP contribution in [-0.2, 0) is 0 Å². The molecule has 2 rings (SSSR count). The molecule has 0 radical (unpaired) electrons. The fourth-order valence-corrected chi connectivity index (χ4v) is 3.18. The van der Waals surface area contributed by atoms with Gasteiger partial charge in [-0.15, -0.1) is 0 Å². The number of hydrogen-bond donors (Lipinski definition) is 2. The number of hydrogen-bond acceptors (Lipinski definition) is 4. The van der Waals surface area contributed by atoms with E-state index in [4.69, 9.17) is 4.74 Å². The lowest BCUT2D eigenvalue weighted by Crippen LogP contribution is -2.42. The first-order valence-corrected chi connectivity index (χ1v) is 8.23. The Kier molecular flexibility index (Phi) is 6.24. The third-order valence-corrected chi connectivity index (χ3v) is 4.42. The van der Waals surface area contributed by atoms with Crippen LogP contribution in [0.15, 0.2) is 18.2 Å². The van der Waals surface area contributed by atoms with E-state index in [0.717, 1.165) is 31.7 Å². The molecule has 0 bridgehead atoms. The third kappa shape index (κ3) is 5.27. The van der Waals surface area contributed by atoms with Gasteiger partial charge in [0.25, 0.3) is 0 Å². The van der Waals surface area contributed by atoms with Gasteiger partial charge in [0.15, 0.2) is 0 Å². The number of benzene rings is 1. The SMILES string of the molecule is Cc1cc(C)cc(OCC(O)CN2CCC(C(C)O)CC2)c1. The number of likely N-dealkylation sites (tertiary alicyclic amines) is 1. The first-order chi connectivity index (χ1) is 10.4. The maximum atomic E-state index is 10.2. The van der Waals surface area contributed by atoms with Crippen molar-refractivity contribution < 1.29 is 14.9 Å². The smallest absolute Gasteiger partial charge is 0.119 e. The molecule has 1 heterocycles. The molecule has 1 aromatic rings. The Morgan fingerprint density at radius 3 is 2.27 bits per heavy atom. The lowest BCUT2D eigenvalue weighted by Gasteiger charge is -2.34. The van der Waals surface area contributed by atoms with E-state index >= 15 is 0 Å². The van der Waals surface area contributed by atoms with E-state index in [1.807, 2.05) is 32.9 Å². The van der Waals surface area contributed by atoms with Crippen molar-refractivity contribution in [2.24, 2.45) is 5.92 Å². The Hall–Kier alpha value is -1.10. The van der Waals surface area contributed by atoms with Crippen LogP contribution in [-0.4, -0.2) is 53.6 Å². The number of aryl methyl sites for hydroxylation is 2. The lowest BCUT2D eigenvalue weighted by atomic mass is 9.92. The van der Waals surface area contributed by atoms with Crippen LogP contribution < -0.4 is 4.74 Å². The van der Waals surface area contributed by atoms with Gasteiger partial charge in [-0.2, -0.15) is 0 Å². The van der Waals surface area contributed by atoms with Crippen LogP contribution in [0.3, 0.4) is 0 Å². The molecule has 22 heavy (non-hydrogen) atoms. The quantitative estimate of drug-likeness (QED) is 0.845. The lowest BCUT2D eigenvalue weighted by molar-refractivity contribution is 0.0336. The number of nitrogens with zero attached hydrogens (tertiary/aromatic N) is 1. The molecule has 0 aromatic heterocycles. The molecule has 124 valence electrons. The molecule has 2 unspecified atom stereocenters. The predicted octanol–water partition coefficient (Wildman–Crippen LogP) is 2.14. The maximum Gasteiger partial charge on any atom is 0.119 e. The highest BCUT2D eigenvalue weighted by atomic mass is 16.5. The Morgan fingerprint density at radius 2 is 1.73 bits per heavy atom. The Balaban J connectivity index is 1.73. The van der Waals surface area contributed by atoms with Crippen molar-refractivity contribution in [1.82, 2.24) is 4.90 Å². The van der Waals surface area contributed by atoms with E-state index in [9.17, 15) is 10.2 Å². The minimum absolute atomic E-state index is 0.222. The molecule has 2 N–H and O–H groups in total. The predicted molar refractivity (Wildman–Crippen MR) is 88.3 cm³/mol. The van der Waals surface area contributed by atoms with Crippen LogP contribution in [0.2, 0.25) is 0 Å².